The quantitative estimate of drug-likeness (QED) is 0.652. The Kier molecular flexibility index (Phi) is 2.49. The van der Waals surface area contributed by atoms with Gasteiger partial charge >= 0.3 is 0 Å². The van der Waals surface area contributed by atoms with Gasteiger partial charge in [-0.15, -0.1) is 0 Å². The summed E-state index contributed by atoms with van der Waals surface area (Å²) in [7, 11) is 0. The summed E-state index contributed by atoms with van der Waals surface area (Å²) in [6.45, 7) is 2.04. The van der Waals surface area contributed by atoms with Gasteiger partial charge in [-0.1, -0.05) is 17.7 Å². The molecule has 3 aromatic rings. The van der Waals surface area contributed by atoms with Crippen molar-refractivity contribution in [3.05, 3.63) is 47.0 Å². The first-order chi connectivity index (χ1) is 8.63. The van der Waals surface area contributed by atoms with E-state index < -0.39 is 0 Å². The Balaban J connectivity index is 2.22. The molecule has 0 aliphatic heterocycles. The van der Waals surface area contributed by atoms with Crippen LogP contribution in [0.2, 0.25) is 5.02 Å². The minimum Gasteiger partial charge on any atom is -0.399 e. The number of hydrogen-bond donors (Lipinski definition) is 2. The fourth-order valence-electron chi connectivity index (χ4n) is 2.00. The molecule has 0 amide bonds. The van der Waals surface area contributed by atoms with Crippen molar-refractivity contribution in [1.82, 2.24) is 9.97 Å². The van der Waals surface area contributed by atoms with Crippen LogP contribution >= 0.6 is 11.6 Å². The first-order valence-electron chi connectivity index (χ1n) is 5.65. The van der Waals surface area contributed by atoms with Crippen molar-refractivity contribution in [3.8, 4) is 11.4 Å². The van der Waals surface area contributed by atoms with Gasteiger partial charge in [-0.25, -0.2) is 4.98 Å². The largest absolute Gasteiger partial charge is 0.399 e. The van der Waals surface area contributed by atoms with Crippen LogP contribution in [0.3, 0.4) is 0 Å². The molecule has 1 aromatic heterocycles. The molecule has 1 heterocycles. The number of nitrogens with one attached hydrogen (secondary N) is 1. The number of nitrogen functional groups attached to an aromatic ring is 1. The second kappa shape index (κ2) is 4.03. The summed E-state index contributed by atoms with van der Waals surface area (Å²) in [5.41, 5.74) is 10.5. The molecular weight excluding hydrogens is 246 g/mol. The summed E-state index contributed by atoms with van der Waals surface area (Å²) in [5, 5.41) is 0.696. The maximum Gasteiger partial charge on any atom is 0.138 e. The molecular formula is C14H12ClN3. The van der Waals surface area contributed by atoms with Crippen LogP contribution in [0, 0.1) is 6.92 Å². The first-order valence-corrected chi connectivity index (χ1v) is 6.03. The number of halogens is 1. The van der Waals surface area contributed by atoms with Crippen molar-refractivity contribution in [1.29, 1.82) is 0 Å². The number of anilines is 1. The number of nitrogens with zero attached hydrogens (tertiary/aromatic N) is 1. The minimum absolute atomic E-state index is 0.696. The van der Waals surface area contributed by atoms with Gasteiger partial charge in [0.15, 0.2) is 0 Å². The molecule has 0 aliphatic carbocycles. The van der Waals surface area contributed by atoms with E-state index in [0.29, 0.717) is 5.02 Å². The van der Waals surface area contributed by atoms with Crippen molar-refractivity contribution >= 4 is 28.3 Å². The van der Waals surface area contributed by atoms with Gasteiger partial charge in [0.25, 0.3) is 0 Å². The van der Waals surface area contributed by atoms with E-state index in [4.69, 9.17) is 17.3 Å². The molecule has 3 nitrogen and oxygen atoms in total. The molecule has 18 heavy (non-hydrogen) atoms. The van der Waals surface area contributed by atoms with Crippen LogP contribution < -0.4 is 5.73 Å². The number of aromatic amines is 1. The van der Waals surface area contributed by atoms with E-state index in [0.717, 1.165) is 33.7 Å². The molecule has 3 rings (SSSR count). The SMILES string of the molecule is Cc1ccc(N)cc1-c1nc2ccc(Cl)cc2[nH]1. The van der Waals surface area contributed by atoms with Crippen molar-refractivity contribution in [3.63, 3.8) is 0 Å². The second-order valence-electron chi connectivity index (χ2n) is 4.32. The average Bonchev–Trinajstić information content (AvgIpc) is 2.74. The third kappa shape index (κ3) is 1.83. The van der Waals surface area contributed by atoms with Crippen LogP contribution in [-0.4, -0.2) is 9.97 Å². The lowest BCUT2D eigenvalue weighted by atomic mass is 10.1. The van der Waals surface area contributed by atoms with E-state index in [2.05, 4.69) is 9.97 Å². The number of hydrogen-bond acceptors (Lipinski definition) is 2. The van der Waals surface area contributed by atoms with Gasteiger partial charge in [0.2, 0.25) is 0 Å². The topological polar surface area (TPSA) is 54.7 Å². The Morgan fingerprint density at radius 3 is 2.83 bits per heavy atom. The lowest BCUT2D eigenvalue weighted by molar-refractivity contribution is 1.31. The van der Waals surface area contributed by atoms with Gasteiger partial charge in [0.05, 0.1) is 11.0 Å². The van der Waals surface area contributed by atoms with E-state index in [1.807, 2.05) is 43.3 Å². The Morgan fingerprint density at radius 2 is 2.00 bits per heavy atom. The van der Waals surface area contributed by atoms with E-state index in [1.54, 1.807) is 0 Å². The number of imidazole rings is 1. The van der Waals surface area contributed by atoms with Crippen molar-refractivity contribution in [2.24, 2.45) is 0 Å². The van der Waals surface area contributed by atoms with Gasteiger partial charge in [0.1, 0.15) is 5.82 Å². The molecule has 2 aromatic carbocycles. The fraction of sp³-hybridized carbons (Fsp3) is 0.0714. The summed E-state index contributed by atoms with van der Waals surface area (Å²) in [4.78, 5) is 7.83. The predicted molar refractivity (Wildman–Crippen MR) is 75.7 cm³/mol. The Morgan fingerprint density at radius 1 is 1.17 bits per heavy atom. The zero-order valence-corrected chi connectivity index (χ0v) is 10.6. The normalized spacial score (nSPS) is 11.0. The summed E-state index contributed by atoms with van der Waals surface area (Å²) < 4.78 is 0. The van der Waals surface area contributed by atoms with Crippen LogP contribution in [0.1, 0.15) is 5.56 Å². The van der Waals surface area contributed by atoms with E-state index in [-0.39, 0.29) is 0 Å². The average molecular weight is 258 g/mol. The number of benzene rings is 2. The van der Waals surface area contributed by atoms with Crippen molar-refractivity contribution < 1.29 is 0 Å². The summed E-state index contributed by atoms with van der Waals surface area (Å²) >= 11 is 5.96. The molecule has 0 radical (unpaired) electrons. The molecule has 3 N–H and O–H groups in total. The van der Waals surface area contributed by atoms with Crippen LogP contribution in [0.15, 0.2) is 36.4 Å². The van der Waals surface area contributed by atoms with E-state index >= 15 is 0 Å². The summed E-state index contributed by atoms with van der Waals surface area (Å²) in [5.74, 6) is 0.817. The minimum atomic E-state index is 0.696. The molecule has 0 aliphatic rings. The van der Waals surface area contributed by atoms with Gasteiger partial charge < -0.3 is 10.7 Å². The number of H-pyrrole nitrogens is 1. The second-order valence-corrected chi connectivity index (χ2v) is 4.76. The molecule has 0 atom stereocenters. The zero-order valence-electron chi connectivity index (χ0n) is 9.87. The van der Waals surface area contributed by atoms with Gasteiger partial charge in [-0.05, 0) is 42.8 Å². The maximum absolute atomic E-state index is 5.96. The molecule has 0 saturated carbocycles. The smallest absolute Gasteiger partial charge is 0.138 e. The predicted octanol–water partition coefficient (Wildman–Crippen LogP) is 3.77. The monoisotopic (exact) mass is 257 g/mol. The third-order valence-corrected chi connectivity index (χ3v) is 3.20. The lowest BCUT2D eigenvalue weighted by Crippen LogP contribution is -1.90. The van der Waals surface area contributed by atoms with Crippen LogP contribution in [0.5, 0.6) is 0 Å². The fourth-order valence-corrected chi connectivity index (χ4v) is 2.18. The van der Waals surface area contributed by atoms with E-state index in [1.165, 1.54) is 0 Å². The Bertz CT molecular complexity index is 731. The molecule has 0 saturated heterocycles. The summed E-state index contributed by atoms with van der Waals surface area (Å²) in [6, 6.07) is 11.4. The Hall–Kier alpha value is -2.00. The third-order valence-electron chi connectivity index (χ3n) is 2.96. The molecule has 0 fully saturated rings. The highest BCUT2D eigenvalue weighted by molar-refractivity contribution is 6.31. The summed E-state index contributed by atoms with van der Waals surface area (Å²) in [6.07, 6.45) is 0. The number of rotatable bonds is 1. The molecule has 0 unspecified atom stereocenters. The van der Waals surface area contributed by atoms with Crippen LogP contribution in [-0.2, 0) is 0 Å². The standard InChI is InChI=1S/C14H12ClN3/c1-8-2-4-10(16)7-11(8)14-17-12-5-3-9(15)6-13(12)18-14/h2-7H,16H2,1H3,(H,17,18). The Labute approximate surface area is 110 Å². The molecule has 90 valence electrons. The van der Waals surface area contributed by atoms with Gasteiger partial charge in [-0.2, -0.15) is 0 Å². The van der Waals surface area contributed by atoms with Crippen LogP contribution in [0.4, 0.5) is 5.69 Å². The highest BCUT2D eigenvalue weighted by Crippen LogP contribution is 2.26. The first kappa shape index (κ1) is 11.1. The zero-order chi connectivity index (χ0) is 12.7. The highest BCUT2D eigenvalue weighted by Gasteiger charge is 2.08. The molecule has 0 bridgehead atoms. The number of fused-ring (bicyclic) bond motifs is 1. The number of aromatic nitrogens is 2. The van der Waals surface area contributed by atoms with Crippen molar-refractivity contribution in [2.75, 3.05) is 5.73 Å². The van der Waals surface area contributed by atoms with Crippen molar-refractivity contribution in [2.45, 2.75) is 6.92 Å². The van der Waals surface area contributed by atoms with Crippen LogP contribution in [0.25, 0.3) is 22.4 Å². The lowest BCUT2D eigenvalue weighted by Gasteiger charge is -2.03. The molecule has 4 heteroatoms. The maximum atomic E-state index is 5.96. The number of aryl methyl sites for hydroxylation is 1. The highest BCUT2D eigenvalue weighted by atomic mass is 35.5. The number of nitrogens with two attached hydrogens (primary N) is 1. The van der Waals surface area contributed by atoms with E-state index in [9.17, 15) is 0 Å². The van der Waals surface area contributed by atoms with Gasteiger partial charge in [-0.3, -0.25) is 0 Å². The van der Waals surface area contributed by atoms with Gasteiger partial charge in [0, 0.05) is 16.3 Å². The molecule has 0 spiro atoms.